The zero-order valence-corrected chi connectivity index (χ0v) is 15.0. The highest BCUT2D eigenvalue weighted by Gasteiger charge is 2.54. The minimum atomic E-state index is -0.705. The van der Waals surface area contributed by atoms with Crippen LogP contribution in [-0.4, -0.2) is 22.8 Å². The summed E-state index contributed by atoms with van der Waals surface area (Å²) in [7, 11) is 0. The molecule has 1 aromatic heterocycles. The number of nitrogens with two attached hydrogens (primary N) is 1. The van der Waals surface area contributed by atoms with Crippen molar-refractivity contribution in [2.45, 2.75) is 51.0 Å². The molecule has 6 heteroatoms. The molecule has 0 radical (unpaired) electrons. The van der Waals surface area contributed by atoms with E-state index >= 15 is 0 Å². The number of pyridine rings is 1. The fraction of sp³-hybridized carbons (Fsp3) is 0.632. The number of carbonyl (C=O) groups is 2. The van der Waals surface area contributed by atoms with E-state index in [9.17, 15) is 9.59 Å². The molecule has 0 aliphatic heterocycles. The highest BCUT2D eigenvalue weighted by molar-refractivity contribution is 6.29. The third-order valence-electron chi connectivity index (χ3n) is 6.40. The van der Waals surface area contributed by atoms with Crippen LogP contribution >= 0.6 is 11.6 Å². The van der Waals surface area contributed by atoms with Crippen molar-refractivity contribution >= 4 is 23.4 Å². The van der Waals surface area contributed by atoms with E-state index in [0.29, 0.717) is 29.3 Å². The lowest BCUT2D eigenvalue weighted by Crippen LogP contribution is -2.57. The first-order chi connectivity index (χ1) is 11.9. The van der Waals surface area contributed by atoms with Gasteiger partial charge in [-0.05, 0) is 67.9 Å². The summed E-state index contributed by atoms with van der Waals surface area (Å²) < 4.78 is 0. The van der Waals surface area contributed by atoms with Crippen LogP contribution in [0, 0.1) is 23.2 Å². The highest BCUT2D eigenvalue weighted by atomic mass is 35.5. The van der Waals surface area contributed by atoms with E-state index in [1.54, 1.807) is 12.3 Å². The summed E-state index contributed by atoms with van der Waals surface area (Å²) in [5, 5.41) is 3.36. The number of nitrogens with zero attached hydrogens (tertiary/aromatic N) is 1. The maximum absolute atomic E-state index is 13.1. The van der Waals surface area contributed by atoms with Gasteiger partial charge in [-0.1, -0.05) is 17.7 Å². The Kier molecular flexibility index (Phi) is 4.22. The van der Waals surface area contributed by atoms with E-state index in [-0.39, 0.29) is 11.3 Å². The van der Waals surface area contributed by atoms with Crippen LogP contribution in [0.4, 0.5) is 0 Å². The first-order valence-corrected chi connectivity index (χ1v) is 9.52. The van der Waals surface area contributed by atoms with Crippen LogP contribution in [-0.2, 0) is 16.0 Å². The number of hydrogen-bond donors (Lipinski definition) is 2. The zero-order chi connectivity index (χ0) is 17.6. The van der Waals surface area contributed by atoms with E-state index in [4.69, 9.17) is 17.3 Å². The van der Waals surface area contributed by atoms with Crippen LogP contribution in [0.5, 0.6) is 0 Å². The Bertz CT molecular complexity index is 653. The van der Waals surface area contributed by atoms with Crippen molar-refractivity contribution in [3.8, 4) is 0 Å². The summed E-state index contributed by atoms with van der Waals surface area (Å²) in [6.45, 7) is 0. The summed E-state index contributed by atoms with van der Waals surface area (Å²) >= 11 is 5.80. The highest BCUT2D eigenvalue weighted by Crippen LogP contribution is 2.60. The van der Waals surface area contributed by atoms with Crippen LogP contribution < -0.4 is 11.1 Å². The van der Waals surface area contributed by atoms with Crippen molar-refractivity contribution in [3.05, 3.63) is 29.0 Å². The largest absolute Gasteiger partial charge is 0.368 e. The minimum absolute atomic E-state index is 0.0253. The Morgan fingerprint density at radius 2 is 1.80 bits per heavy atom. The van der Waals surface area contributed by atoms with Crippen molar-refractivity contribution in [1.82, 2.24) is 10.3 Å². The Hall–Kier alpha value is -1.62. The molecule has 1 aromatic rings. The van der Waals surface area contributed by atoms with Gasteiger partial charge in [0.1, 0.15) is 11.2 Å². The van der Waals surface area contributed by atoms with E-state index < -0.39 is 11.9 Å². The molecule has 5 nitrogen and oxygen atoms in total. The van der Waals surface area contributed by atoms with Crippen LogP contribution in [0.2, 0.25) is 5.15 Å². The first kappa shape index (κ1) is 16.8. The Morgan fingerprint density at radius 1 is 1.20 bits per heavy atom. The number of halogens is 1. The van der Waals surface area contributed by atoms with Gasteiger partial charge in [-0.2, -0.15) is 0 Å². The lowest BCUT2D eigenvalue weighted by molar-refractivity contribution is -0.148. The number of primary amides is 1. The number of rotatable bonds is 5. The van der Waals surface area contributed by atoms with E-state index in [1.807, 2.05) is 6.07 Å². The molecule has 25 heavy (non-hydrogen) atoms. The number of carbonyl (C=O) groups excluding carboxylic acids is 2. The number of nitrogens with one attached hydrogen (secondary N) is 1. The van der Waals surface area contributed by atoms with E-state index in [0.717, 1.165) is 24.8 Å². The third kappa shape index (κ3) is 3.26. The monoisotopic (exact) mass is 361 g/mol. The summed E-state index contributed by atoms with van der Waals surface area (Å²) in [6, 6.07) is 2.78. The van der Waals surface area contributed by atoms with Crippen molar-refractivity contribution < 1.29 is 9.59 Å². The van der Waals surface area contributed by atoms with Crippen LogP contribution in [0.3, 0.4) is 0 Å². The molecule has 4 saturated carbocycles. The van der Waals surface area contributed by atoms with Crippen LogP contribution in [0.15, 0.2) is 18.3 Å². The predicted octanol–water partition coefficient (Wildman–Crippen LogP) is 2.46. The predicted molar refractivity (Wildman–Crippen MR) is 94.7 cm³/mol. The Balaban J connectivity index is 1.47. The van der Waals surface area contributed by atoms with Crippen molar-refractivity contribution in [1.29, 1.82) is 0 Å². The lowest BCUT2D eigenvalue weighted by Gasteiger charge is -2.55. The van der Waals surface area contributed by atoms with Gasteiger partial charge in [0.25, 0.3) is 0 Å². The molecule has 0 aromatic carbocycles. The third-order valence-corrected chi connectivity index (χ3v) is 6.62. The van der Waals surface area contributed by atoms with Gasteiger partial charge in [-0.25, -0.2) is 4.98 Å². The molecule has 4 aliphatic carbocycles. The Labute approximate surface area is 152 Å². The van der Waals surface area contributed by atoms with Crippen molar-refractivity contribution in [2.24, 2.45) is 28.9 Å². The molecule has 0 saturated heterocycles. The molecule has 1 atom stereocenters. The zero-order valence-electron chi connectivity index (χ0n) is 14.2. The number of hydrogen-bond acceptors (Lipinski definition) is 3. The molecular weight excluding hydrogens is 338 g/mol. The molecule has 1 heterocycles. The standard InChI is InChI=1S/C19H24ClN3O2/c20-16-2-1-11(10-22-16)6-15(17(21)24)23-18(25)19-7-12-3-13(8-19)5-14(4-12)9-19/h1-2,10,12-15H,3-9H2,(H2,21,24)(H,23,25)/t12?,13?,14?,15-,19?/m1/s1. The molecule has 0 spiro atoms. The fourth-order valence-electron chi connectivity index (χ4n) is 5.69. The quantitative estimate of drug-likeness (QED) is 0.790. The summed E-state index contributed by atoms with van der Waals surface area (Å²) in [5.41, 5.74) is 6.11. The number of amides is 2. The summed E-state index contributed by atoms with van der Waals surface area (Å²) in [5.74, 6) is 1.57. The average molecular weight is 362 g/mol. The van der Waals surface area contributed by atoms with Crippen molar-refractivity contribution in [3.63, 3.8) is 0 Å². The second kappa shape index (κ2) is 6.27. The molecule has 0 unspecified atom stereocenters. The molecule has 4 fully saturated rings. The topological polar surface area (TPSA) is 85.1 Å². The van der Waals surface area contributed by atoms with Crippen LogP contribution in [0.1, 0.15) is 44.1 Å². The fourth-order valence-corrected chi connectivity index (χ4v) is 5.80. The first-order valence-electron chi connectivity index (χ1n) is 9.14. The molecule has 2 amide bonds. The van der Waals surface area contributed by atoms with Gasteiger partial charge in [-0.3, -0.25) is 9.59 Å². The van der Waals surface area contributed by atoms with Crippen molar-refractivity contribution in [2.75, 3.05) is 0 Å². The van der Waals surface area contributed by atoms with Gasteiger partial charge in [-0.15, -0.1) is 0 Å². The molecule has 5 rings (SSSR count). The SMILES string of the molecule is NC(=O)[C@@H](Cc1ccc(Cl)nc1)NC(=O)C12CC3CC(CC(C3)C1)C2. The second-order valence-corrected chi connectivity index (χ2v) is 8.71. The van der Waals surface area contributed by atoms with Gasteiger partial charge in [0.05, 0.1) is 0 Å². The van der Waals surface area contributed by atoms with Gasteiger partial charge in [0, 0.05) is 18.0 Å². The summed E-state index contributed by atoms with van der Waals surface area (Å²) in [6.07, 6.45) is 8.72. The van der Waals surface area contributed by atoms with E-state index in [2.05, 4.69) is 10.3 Å². The second-order valence-electron chi connectivity index (χ2n) is 8.32. The van der Waals surface area contributed by atoms with Gasteiger partial charge in [0.15, 0.2) is 0 Å². The van der Waals surface area contributed by atoms with Gasteiger partial charge in [0.2, 0.25) is 11.8 Å². The molecule has 134 valence electrons. The maximum Gasteiger partial charge on any atom is 0.240 e. The normalized spacial score (nSPS) is 33.9. The molecule has 4 aliphatic rings. The smallest absolute Gasteiger partial charge is 0.240 e. The van der Waals surface area contributed by atoms with Gasteiger partial charge < -0.3 is 11.1 Å². The molecule has 4 bridgehead atoms. The average Bonchev–Trinajstić information content (AvgIpc) is 2.54. The summed E-state index contributed by atoms with van der Waals surface area (Å²) in [4.78, 5) is 29.0. The maximum atomic E-state index is 13.1. The minimum Gasteiger partial charge on any atom is -0.368 e. The van der Waals surface area contributed by atoms with Gasteiger partial charge >= 0.3 is 0 Å². The number of aromatic nitrogens is 1. The molecule has 3 N–H and O–H groups in total. The lowest BCUT2D eigenvalue weighted by atomic mass is 9.49. The van der Waals surface area contributed by atoms with Crippen LogP contribution in [0.25, 0.3) is 0 Å². The Morgan fingerprint density at radius 3 is 2.28 bits per heavy atom. The molecular formula is C19H24ClN3O2. The van der Waals surface area contributed by atoms with E-state index in [1.165, 1.54) is 19.3 Å².